The molecule has 1 aliphatic rings. The second-order valence-electron chi connectivity index (χ2n) is 4.45. The van der Waals surface area contributed by atoms with E-state index in [1.54, 1.807) is 13.0 Å². The first-order chi connectivity index (χ1) is 9.56. The average molecular weight is 315 g/mol. The first kappa shape index (κ1) is 15.1. The molecule has 6 nitrogen and oxygen atoms in total. The minimum absolute atomic E-state index is 0.000229. The summed E-state index contributed by atoms with van der Waals surface area (Å²) in [6.07, 6.45) is 0. The molecule has 1 aliphatic heterocycles. The third-order valence-electron chi connectivity index (χ3n) is 2.79. The van der Waals surface area contributed by atoms with Crippen LogP contribution in [0.2, 0.25) is 0 Å². The fourth-order valence-electron chi connectivity index (χ4n) is 1.88. The summed E-state index contributed by atoms with van der Waals surface area (Å²) in [6.45, 7) is 2.33. The monoisotopic (exact) mass is 315 g/mol. The van der Waals surface area contributed by atoms with Crippen molar-refractivity contribution in [3.63, 3.8) is 0 Å². The Morgan fingerprint density at radius 1 is 1.50 bits per heavy atom. The van der Waals surface area contributed by atoms with E-state index in [1.165, 1.54) is 0 Å². The number of nitrogens with one attached hydrogen (secondary N) is 3. The molecule has 1 aromatic rings. The lowest BCUT2D eigenvalue weighted by Gasteiger charge is -2.21. The smallest absolute Gasteiger partial charge is 0.354 e. The first-order valence-electron chi connectivity index (χ1n) is 6.23. The van der Waals surface area contributed by atoms with Gasteiger partial charge in [-0.1, -0.05) is 0 Å². The summed E-state index contributed by atoms with van der Waals surface area (Å²) < 4.78 is 0. The van der Waals surface area contributed by atoms with Crippen molar-refractivity contribution >= 4 is 41.2 Å². The van der Waals surface area contributed by atoms with E-state index in [0.29, 0.717) is 17.5 Å². The van der Waals surface area contributed by atoms with Crippen molar-refractivity contribution in [1.29, 1.82) is 0 Å². The second kappa shape index (κ2) is 6.94. The summed E-state index contributed by atoms with van der Waals surface area (Å²) in [5, 5.41) is 14.8. The van der Waals surface area contributed by atoms with E-state index in [1.807, 2.05) is 23.5 Å². The molecule has 1 unspecified atom stereocenters. The number of hydrogen-bond acceptors (Lipinski definition) is 4. The molecular formula is C12H17N3O3S2. The Morgan fingerprint density at radius 3 is 2.95 bits per heavy atom. The van der Waals surface area contributed by atoms with E-state index in [0.717, 1.165) is 17.3 Å². The Hall–Kier alpha value is -1.28. The molecule has 0 radical (unpaired) electrons. The predicted molar refractivity (Wildman–Crippen MR) is 83.1 cm³/mol. The van der Waals surface area contributed by atoms with Crippen LogP contribution in [-0.2, 0) is 0 Å². The molecule has 0 bridgehead atoms. The van der Waals surface area contributed by atoms with E-state index in [4.69, 9.17) is 5.11 Å². The number of rotatable bonds is 4. The highest BCUT2D eigenvalue weighted by Crippen LogP contribution is 2.23. The van der Waals surface area contributed by atoms with Crippen molar-refractivity contribution in [3.8, 4) is 0 Å². The van der Waals surface area contributed by atoms with E-state index < -0.39 is 5.97 Å². The summed E-state index contributed by atoms with van der Waals surface area (Å²) >= 11 is 3.75. The van der Waals surface area contributed by atoms with E-state index >= 15 is 0 Å². The third kappa shape index (κ3) is 4.11. The highest BCUT2D eigenvalue weighted by molar-refractivity contribution is 8.06. The van der Waals surface area contributed by atoms with Gasteiger partial charge in [-0.25, -0.2) is 9.59 Å². The van der Waals surface area contributed by atoms with Gasteiger partial charge in [-0.2, -0.15) is 23.5 Å². The van der Waals surface area contributed by atoms with Crippen molar-refractivity contribution in [3.05, 3.63) is 17.5 Å². The highest BCUT2D eigenvalue weighted by Gasteiger charge is 2.17. The summed E-state index contributed by atoms with van der Waals surface area (Å²) in [5.41, 5.74) is 0.982. The highest BCUT2D eigenvalue weighted by atomic mass is 32.2. The predicted octanol–water partition coefficient (Wildman–Crippen LogP) is 1.99. The van der Waals surface area contributed by atoms with Crippen molar-refractivity contribution in [2.24, 2.45) is 0 Å². The van der Waals surface area contributed by atoms with Crippen LogP contribution >= 0.6 is 23.5 Å². The number of thioether (sulfide) groups is 2. The van der Waals surface area contributed by atoms with Crippen LogP contribution in [0.1, 0.15) is 16.2 Å². The molecule has 0 aromatic carbocycles. The molecule has 8 heteroatoms. The van der Waals surface area contributed by atoms with E-state index in [9.17, 15) is 9.59 Å². The van der Waals surface area contributed by atoms with E-state index in [2.05, 4.69) is 15.6 Å². The van der Waals surface area contributed by atoms with Crippen LogP contribution in [0.15, 0.2) is 6.07 Å². The summed E-state index contributed by atoms with van der Waals surface area (Å²) in [4.78, 5) is 25.5. The largest absolute Gasteiger partial charge is 0.477 e. The SMILES string of the molecule is Cc1cc(NC(=O)NCC2CSCCS2)c(C(=O)O)[nH]1. The minimum Gasteiger partial charge on any atom is -0.477 e. The minimum atomic E-state index is -1.09. The molecule has 2 amide bonds. The molecule has 2 rings (SSSR count). The summed E-state index contributed by atoms with van der Waals surface area (Å²) in [5.74, 6) is 2.22. The Balaban J connectivity index is 1.86. The Kier molecular flexibility index (Phi) is 5.24. The average Bonchev–Trinajstić information content (AvgIpc) is 2.79. The number of hydrogen-bond donors (Lipinski definition) is 4. The van der Waals surface area contributed by atoms with Gasteiger partial charge in [-0.15, -0.1) is 0 Å². The van der Waals surface area contributed by atoms with E-state index in [-0.39, 0.29) is 17.4 Å². The van der Waals surface area contributed by atoms with Gasteiger partial charge in [-0.05, 0) is 13.0 Å². The zero-order valence-electron chi connectivity index (χ0n) is 11.1. The van der Waals surface area contributed by atoms with Crippen LogP contribution in [0.3, 0.4) is 0 Å². The Bertz CT molecular complexity index is 498. The van der Waals surface area contributed by atoms with Gasteiger partial charge in [0, 0.05) is 34.7 Å². The number of aromatic amines is 1. The summed E-state index contributed by atoms with van der Waals surface area (Å²) in [6, 6.07) is 1.23. The van der Waals surface area contributed by atoms with Gasteiger partial charge in [0.15, 0.2) is 0 Å². The number of carbonyl (C=O) groups is 2. The van der Waals surface area contributed by atoms with Gasteiger partial charge in [0.05, 0.1) is 5.69 Å². The zero-order valence-corrected chi connectivity index (χ0v) is 12.7. The molecule has 110 valence electrons. The molecule has 1 saturated heterocycles. The zero-order chi connectivity index (χ0) is 14.5. The van der Waals surface area contributed by atoms with Gasteiger partial charge in [0.1, 0.15) is 5.69 Å². The number of H-pyrrole nitrogens is 1. The maximum Gasteiger partial charge on any atom is 0.354 e. The lowest BCUT2D eigenvalue weighted by molar-refractivity contribution is 0.0692. The number of carboxylic acid groups (broad SMARTS) is 1. The van der Waals surface area contributed by atoms with Crippen molar-refractivity contribution in [2.45, 2.75) is 12.2 Å². The van der Waals surface area contributed by atoms with Gasteiger partial charge < -0.3 is 20.7 Å². The maximum absolute atomic E-state index is 11.8. The van der Waals surface area contributed by atoms with Gasteiger partial charge >= 0.3 is 12.0 Å². The third-order valence-corrected chi connectivity index (χ3v) is 5.63. The van der Waals surface area contributed by atoms with Crippen LogP contribution in [0.4, 0.5) is 10.5 Å². The van der Waals surface area contributed by atoms with Gasteiger partial charge in [-0.3, -0.25) is 0 Å². The van der Waals surface area contributed by atoms with Crippen molar-refractivity contribution in [1.82, 2.24) is 10.3 Å². The number of aromatic nitrogens is 1. The molecule has 20 heavy (non-hydrogen) atoms. The van der Waals surface area contributed by atoms with Crippen LogP contribution in [0.25, 0.3) is 0 Å². The number of amides is 2. The number of aromatic carboxylic acids is 1. The van der Waals surface area contributed by atoms with Crippen LogP contribution < -0.4 is 10.6 Å². The number of carboxylic acids is 1. The Morgan fingerprint density at radius 2 is 2.30 bits per heavy atom. The number of aryl methyl sites for hydroxylation is 1. The standard InChI is InChI=1S/C12H17N3O3S2/c1-7-4-9(10(14-7)11(16)17)15-12(18)13-5-8-6-19-2-3-20-8/h4,8,14H,2-3,5-6H2,1H3,(H,16,17)(H2,13,15,18). The molecule has 2 heterocycles. The van der Waals surface area contributed by atoms with Crippen LogP contribution in [0, 0.1) is 6.92 Å². The fraction of sp³-hybridized carbons (Fsp3) is 0.500. The maximum atomic E-state index is 11.8. The molecule has 1 fully saturated rings. The van der Waals surface area contributed by atoms with Gasteiger partial charge in [0.2, 0.25) is 0 Å². The lowest BCUT2D eigenvalue weighted by atomic mass is 10.3. The first-order valence-corrected chi connectivity index (χ1v) is 8.43. The number of urea groups is 1. The van der Waals surface area contributed by atoms with Gasteiger partial charge in [0.25, 0.3) is 0 Å². The Labute approximate surface area is 125 Å². The normalized spacial score (nSPS) is 18.6. The molecule has 1 aromatic heterocycles. The topological polar surface area (TPSA) is 94.2 Å². The van der Waals surface area contributed by atoms with Crippen molar-refractivity contribution in [2.75, 3.05) is 29.1 Å². The molecular weight excluding hydrogens is 298 g/mol. The molecule has 1 atom stereocenters. The summed E-state index contributed by atoms with van der Waals surface area (Å²) in [7, 11) is 0. The second-order valence-corrected chi connectivity index (χ2v) is 7.01. The molecule has 0 saturated carbocycles. The van der Waals surface area contributed by atoms with Crippen LogP contribution in [-0.4, -0.2) is 51.1 Å². The lowest BCUT2D eigenvalue weighted by Crippen LogP contribution is -2.36. The van der Waals surface area contributed by atoms with Crippen molar-refractivity contribution < 1.29 is 14.7 Å². The number of carbonyl (C=O) groups excluding carboxylic acids is 1. The fourth-order valence-corrected chi connectivity index (χ4v) is 4.50. The number of anilines is 1. The molecule has 4 N–H and O–H groups in total. The quantitative estimate of drug-likeness (QED) is 0.682. The van der Waals surface area contributed by atoms with Crippen LogP contribution in [0.5, 0.6) is 0 Å². The molecule has 0 spiro atoms. The molecule has 0 aliphatic carbocycles.